The van der Waals surface area contributed by atoms with Crippen molar-refractivity contribution in [2.45, 2.75) is 49.6 Å². The van der Waals surface area contributed by atoms with Crippen LogP contribution in [0.4, 0.5) is 0 Å². The van der Waals surface area contributed by atoms with Crippen LogP contribution in [0.5, 0.6) is 5.75 Å². The van der Waals surface area contributed by atoms with Crippen LogP contribution in [0.2, 0.25) is 0 Å². The van der Waals surface area contributed by atoms with Crippen molar-refractivity contribution in [3.05, 3.63) is 29.8 Å². The zero-order valence-corrected chi connectivity index (χ0v) is 16.7. The highest BCUT2D eigenvalue weighted by molar-refractivity contribution is 9.09. The van der Waals surface area contributed by atoms with Crippen molar-refractivity contribution < 1.29 is 38.0 Å². The lowest BCUT2D eigenvalue weighted by Gasteiger charge is -2.47. The van der Waals surface area contributed by atoms with Crippen LogP contribution in [0.1, 0.15) is 25.7 Å². The molecule has 2 saturated heterocycles. The molecule has 0 unspecified atom stereocenters. The minimum absolute atomic E-state index is 0.230. The Morgan fingerprint density at radius 1 is 1.04 bits per heavy atom. The predicted molar refractivity (Wildman–Crippen MR) is 95.3 cm³/mol. The zero-order chi connectivity index (χ0) is 19.6. The summed E-state index contributed by atoms with van der Waals surface area (Å²) >= 11 is 3.34. The largest absolute Gasteiger partial charge is 0.497 e. The van der Waals surface area contributed by atoms with Crippen LogP contribution in [-0.4, -0.2) is 55.1 Å². The van der Waals surface area contributed by atoms with Crippen molar-refractivity contribution in [1.29, 1.82) is 0 Å². The molecule has 0 radical (unpaired) electrons. The van der Waals surface area contributed by atoms with E-state index in [2.05, 4.69) is 15.9 Å². The molecule has 2 fully saturated rings. The number of carbonyl (C=O) groups is 2. The van der Waals surface area contributed by atoms with E-state index in [1.165, 1.54) is 13.8 Å². The van der Waals surface area contributed by atoms with Gasteiger partial charge in [-0.05, 0) is 12.1 Å². The molecule has 2 aliphatic heterocycles. The summed E-state index contributed by atoms with van der Waals surface area (Å²) in [4.78, 5) is 23.1. The van der Waals surface area contributed by atoms with Crippen molar-refractivity contribution in [3.8, 4) is 5.75 Å². The molecule has 0 N–H and O–H groups in total. The van der Waals surface area contributed by atoms with Gasteiger partial charge in [-0.2, -0.15) is 0 Å². The van der Waals surface area contributed by atoms with E-state index in [0.29, 0.717) is 5.75 Å². The average Bonchev–Trinajstić information content (AvgIpc) is 2.64. The van der Waals surface area contributed by atoms with Gasteiger partial charge in [0.2, 0.25) is 0 Å². The molecule has 0 spiro atoms. The highest BCUT2D eigenvalue weighted by Gasteiger charge is 2.52. The lowest BCUT2D eigenvalue weighted by atomic mass is 9.98. The number of esters is 2. The van der Waals surface area contributed by atoms with E-state index < -0.39 is 47.7 Å². The lowest BCUT2D eigenvalue weighted by molar-refractivity contribution is -0.320. The van der Waals surface area contributed by atoms with Gasteiger partial charge in [0.15, 0.2) is 23.5 Å². The minimum atomic E-state index is -0.845. The third-order valence-corrected chi connectivity index (χ3v) is 5.00. The van der Waals surface area contributed by atoms with E-state index in [-0.39, 0.29) is 6.61 Å². The first-order valence-corrected chi connectivity index (χ1v) is 9.35. The van der Waals surface area contributed by atoms with Crippen LogP contribution >= 0.6 is 15.9 Å². The third-order valence-electron chi connectivity index (χ3n) is 4.26. The molecule has 1 aromatic carbocycles. The zero-order valence-electron chi connectivity index (χ0n) is 15.1. The summed E-state index contributed by atoms with van der Waals surface area (Å²) in [6.07, 6.45) is -3.50. The first kappa shape index (κ1) is 20.1. The number of halogens is 1. The summed E-state index contributed by atoms with van der Waals surface area (Å²) in [6, 6.07) is 7.24. The van der Waals surface area contributed by atoms with E-state index in [9.17, 15) is 9.59 Å². The molecule has 2 aliphatic rings. The number of rotatable bonds is 4. The second-order valence-corrected chi connectivity index (χ2v) is 7.12. The number of hydrogen-bond donors (Lipinski definition) is 0. The molecule has 8 nitrogen and oxygen atoms in total. The van der Waals surface area contributed by atoms with Gasteiger partial charge in [0.1, 0.15) is 18.0 Å². The predicted octanol–water partition coefficient (Wildman–Crippen LogP) is 2.09. The normalized spacial score (nSPS) is 32.9. The summed E-state index contributed by atoms with van der Waals surface area (Å²) in [5.74, 6) is -0.306. The molecule has 1 aromatic rings. The Morgan fingerprint density at radius 2 is 1.67 bits per heavy atom. The number of ether oxygens (including phenoxy) is 6. The molecule has 0 amide bonds. The smallest absolute Gasteiger partial charge is 0.303 e. The van der Waals surface area contributed by atoms with Crippen LogP contribution in [0.15, 0.2) is 24.3 Å². The van der Waals surface area contributed by atoms with Gasteiger partial charge in [-0.25, -0.2) is 0 Å². The molecule has 0 aliphatic carbocycles. The van der Waals surface area contributed by atoms with Gasteiger partial charge in [-0.15, -0.1) is 0 Å². The molecule has 27 heavy (non-hydrogen) atoms. The Balaban J connectivity index is 1.82. The third kappa shape index (κ3) is 4.60. The van der Waals surface area contributed by atoms with Gasteiger partial charge < -0.3 is 28.4 Å². The standard InChI is InChI=1S/C18H21BrO8/c1-9(20)24-15-14-13(26-17(19)16(15)25-10(2)21)8-23-18(27-14)11-4-6-12(22-3)7-5-11/h4-7,13-18H,8H2,1-3H3/t13-,14-,15+,16-,17+,18-/m1/s1. The summed E-state index contributed by atoms with van der Waals surface area (Å²) < 4.78 is 33.5. The molecular formula is C18H21BrO8. The van der Waals surface area contributed by atoms with Gasteiger partial charge in [-0.3, -0.25) is 9.59 Å². The van der Waals surface area contributed by atoms with Gasteiger partial charge in [0, 0.05) is 19.4 Å². The number of hydrogen-bond acceptors (Lipinski definition) is 8. The maximum Gasteiger partial charge on any atom is 0.303 e. The fourth-order valence-corrected chi connectivity index (χ4v) is 3.79. The van der Waals surface area contributed by atoms with Gasteiger partial charge in [-0.1, -0.05) is 28.1 Å². The van der Waals surface area contributed by atoms with Crippen molar-refractivity contribution in [2.24, 2.45) is 0 Å². The van der Waals surface area contributed by atoms with Crippen LogP contribution in [0.3, 0.4) is 0 Å². The number of benzene rings is 1. The van der Waals surface area contributed by atoms with E-state index in [0.717, 1.165) is 5.56 Å². The van der Waals surface area contributed by atoms with Crippen molar-refractivity contribution >= 4 is 27.9 Å². The van der Waals surface area contributed by atoms with Crippen molar-refractivity contribution in [2.75, 3.05) is 13.7 Å². The van der Waals surface area contributed by atoms with Gasteiger partial charge >= 0.3 is 11.9 Å². The number of methoxy groups -OCH3 is 1. The van der Waals surface area contributed by atoms with Gasteiger partial charge in [0.25, 0.3) is 0 Å². The molecule has 3 rings (SSSR count). The fourth-order valence-electron chi connectivity index (χ4n) is 3.11. The maximum atomic E-state index is 11.6. The summed E-state index contributed by atoms with van der Waals surface area (Å²) in [7, 11) is 1.59. The Labute approximate surface area is 165 Å². The second-order valence-electron chi connectivity index (χ2n) is 6.21. The highest BCUT2D eigenvalue weighted by atomic mass is 79.9. The molecule has 0 aromatic heterocycles. The van der Waals surface area contributed by atoms with Crippen LogP contribution < -0.4 is 4.74 Å². The number of fused-ring (bicyclic) bond motifs is 1. The van der Waals surface area contributed by atoms with Crippen LogP contribution in [0, 0.1) is 0 Å². The van der Waals surface area contributed by atoms with Crippen molar-refractivity contribution in [1.82, 2.24) is 0 Å². The first-order chi connectivity index (χ1) is 12.9. The molecule has 2 heterocycles. The summed E-state index contributed by atoms with van der Waals surface area (Å²) in [6.45, 7) is 2.80. The van der Waals surface area contributed by atoms with Gasteiger partial charge in [0.05, 0.1) is 13.7 Å². The van der Waals surface area contributed by atoms with E-state index in [1.54, 1.807) is 19.2 Å². The van der Waals surface area contributed by atoms with E-state index >= 15 is 0 Å². The molecule has 9 heteroatoms. The topological polar surface area (TPSA) is 89.5 Å². The fraction of sp³-hybridized carbons (Fsp3) is 0.556. The SMILES string of the molecule is COc1ccc([C@@H]2OC[C@H]3O[C@H](Br)[C@H](OC(C)=O)[C@@H](OC(C)=O)[C@@H]3O2)cc1. The van der Waals surface area contributed by atoms with Crippen molar-refractivity contribution in [3.63, 3.8) is 0 Å². The summed E-state index contributed by atoms with van der Waals surface area (Å²) in [5, 5.41) is -0.656. The van der Waals surface area contributed by atoms with Crippen LogP contribution in [-0.2, 0) is 33.3 Å². The Hall–Kier alpha value is -1.68. The summed E-state index contributed by atoms with van der Waals surface area (Å²) in [5.41, 5.74) is 0.779. The lowest BCUT2D eigenvalue weighted by Crippen LogP contribution is -2.62. The minimum Gasteiger partial charge on any atom is -0.497 e. The molecule has 0 bridgehead atoms. The average molecular weight is 445 g/mol. The molecule has 6 atom stereocenters. The van der Waals surface area contributed by atoms with E-state index in [1.807, 2.05) is 12.1 Å². The number of alkyl halides is 1. The molecule has 0 saturated carbocycles. The second kappa shape index (κ2) is 8.55. The van der Waals surface area contributed by atoms with E-state index in [4.69, 9.17) is 28.4 Å². The first-order valence-electron chi connectivity index (χ1n) is 8.44. The maximum absolute atomic E-state index is 11.6. The Kier molecular flexibility index (Phi) is 6.36. The Bertz CT molecular complexity index is 678. The van der Waals surface area contributed by atoms with Crippen LogP contribution in [0.25, 0.3) is 0 Å². The Morgan fingerprint density at radius 3 is 2.26 bits per heavy atom. The quantitative estimate of drug-likeness (QED) is 0.514. The molecular weight excluding hydrogens is 424 g/mol. The molecule has 148 valence electrons. The number of carbonyl (C=O) groups excluding carboxylic acids is 2. The monoisotopic (exact) mass is 444 g/mol. The highest BCUT2D eigenvalue weighted by Crippen LogP contribution is 2.38.